The molecule has 0 aromatic heterocycles. The fraction of sp³-hybridized carbons (Fsp3) is 0.200. The Labute approximate surface area is 188 Å². The zero-order valence-corrected chi connectivity index (χ0v) is 17.5. The Morgan fingerprint density at radius 3 is 2.39 bits per heavy atom. The molecule has 0 spiro atoms. The molecule has 3 aromatic rings. The number of nitrogens with zero attached hydrogens (tertiary/aromatic N) is 1. The molecule has 0 fully saturated rings. The quantitative estimate of drug-likeness (QED) is 0.565. The predicted molar refractivity (Wildman–Crippen MR) is 118 cm³/mol. The van der Waals surface area contributed by atoms with Crippen molar-refractivity contribution in [2.75, 3.05) is 18.4 Å². The minimum Gasteiger partial charge on any atom is -0.480 e. The molecule has 0 atom stereocenters. The van der Waals surface area contributed by atoms with Gasteiger partial charge in [0.2, 0.25) is 0 Å². The van der Waals surface area contributed by atoms with E-state index < -0.39 is 17.7 Å². The van der Waals surface area contributed by atoms with Crippen molar-refractivity contribution in [3.05, 3.63) is 89.0 Å². The lowest BCUT2D eigenvalue weighted by Crippen LogP contribution is -2.34. The number of hydrogen-bond acceptors (Lipinski definition) is 3. The first-order valence-corrected chi connectivity index (χ1v) is 10.3. The van der Waals surface area contributed by atoms with Gasteiger partial charge in [-0.15, -0.1) is 0 Å². The Morgan fingerprint density at radius 2 is 1.70 bits per heavy atom. The summed E-state index contributed by atoms with van der Waals surface area (Å²) >= 11 is 0. The van der Waals surface area contributed by atoms with Gasteiger partial charge in [-0.1, -0.05) is 36.4 Å². The maximum atomic E-state index is 13.0. The Bertz CT molecular complexity index is 1190. The van der Waals surface area contributed by atoms with Crippen LogP contribution in [0.1, 0.15) is 27.0 Å². The van der Waals surface area contributed by atoms with E-state index >= 15 is 0 Å². The van der Waals surface area contributed by atoms with E-state index in [4.69, 9.17) is 5.11 Å². The van der Waals surface area contributed by atoms with E-state index in [9.17, 15) is 22.8 Å². The third-order valence-electron chi connectivity index (χ3n) is 5.61. The largest absolute Gasteiger partial charge is 0.480 e. The second-order valence-electron chi connectivity index (χ2n) is 7.91. The van der Waals surface area contributed by atoms with Crippen molar-refractivity contribution in [2.24, 2.45) is 0 Å². The zero-order valence-electron chi connectivity index (χ0n) is 17.5. The molecule has 0 bridgehead atoms. The number of fused-ring (bicyclic) bond motifs is 1. The highest BCUT2D eigenvalue weighted by Gasteiger charge is 2.30. The molecule has 1 aliphatic rings. The second kappa shape index (κ2) is 9.07. The lowest BCUT2D eigenvalue weighted by molar-refractivity contribution is -0.139. The minimum atomic E-state index is -4.42. The molecule has 5 nitrogen and oxygen atoms in total. The number of rotatable bonds is 5. The van der Waals surface area contributed by atoms with E-state index in [-0.39, 0.29) is 12.5 Å². The molecule has 0 saturated heterocycles. The molecule has 8 heteroatoms. The average Bonchev–Trinajstić information content (AvgIpc) is 2.78. The lowest BCUT2D eigenvalue weighted by Gasteiger charge is -2.27. The van der Waals surface area contributed by atoms with E-state index in [1.807, 2.05) is 17.0 Å². The van der Waals surface area contributed by atoms with Crippen LogP contribution in [0.5, 0.6) is 0 Å². The van der Waals surface area contributed by atoms with Gasteiger partial charge in [-0.2, -0.15) is 13.2 Å². The van der Waals surface area contributed by atoms with Gasteiger partial charge in [0.15, 0.2) is 0 Å². The third kappa shape index (κ3) is 5.23. The Balaban J connectivity index is 1.53. The monoisotopic (exact) mass is 454 g/mol. The second-order valence-corrected chi connectivity index (χ2v) is 7.91. The summed E-state index contributed by atoms with van der Waals surface area (Å²) < 4.78 is 38.6. The molecule has 4 rings (SSSR count). The molecule has 3 aromatic carbocycles. The van der Waals surface area contributed by atoms with Gasteiger partial charge >= 0.3 is 12.1 Å². The van der Waals surface area contributed by atoms with Crippen molar-refractivity contribution in [3.63, 3.8) is 0 Å². The van der Waals surface area contributed by atoms with Crippen LogP contribution in [-0.4, -0.2) is 35.0 Å². The van der Waals surface area contributed by atoms with Crippen LogP contribution in [0.25, 0.3) is 11.1 Å². The molecule has 0 unspecified atom stereocenters. The number of aliphatic carboxylic acids is 1. The molecule has 0 aliphatic carbocycles. The first-order chi connectivity index (χ1) is 15.7. The summed E-state index contributed by atoms with van der Waals surface area (Å²) in [6.07, 6.45) is -3.75. The van der Waals surface area contributed by atoms with Gasteiger partial charge in [-0.3, -0.25) is 14.5 Å². The molecule has 1 amide bonds. The van der Waals surface area contributed by atoms with Crippen molar-refractivity contribution in [1.29, 1.82) is 0 Å². The van der Waals surface area contributed by atoms with Crippen LogP contribution in [0.4, 0.5) is 18.9 Å². The molecule has 33 heavy (non-hydrogen) atoms. The molecule has 0 saturated carbocycles. The number of halogens is 3. The van der Waals surface area contributed by atoms with Crippen molar-refractivity contribution in [2.45, 2.75) is 19.1 Å². The summed E-state index contributed by atoms with van der Waals surface area (Å²) in [6.45, 7) is 1.14. The lowest BCUT2D eigenvalue weighted by atomic mass is 9.97. The van der Waals surface area contributed by atoms with Gasteiger partial charge < -0.3 is 10.4 Å². The standard InChI is InChI=1S/C25H21F3N2O3/c26-25(27,28)19-8-5-16(6-9-19)21-3-1-2-4-22(21)24(33)29-20-10-7-18-14-30(15-23(31)32)12-11-17(18)13-20/h1-10,13H,11-12,14-15H2,(H,29,33)(H,31,32). The Morgan fingerprint density at radius 1 is 0.970 bits per heavy atom. The van der Waals surface area contributed by atoms with Crippen LogP contribution >= 0.6 is 0 Å². The van der Waals surface area contributed by atoms with E-state index in [1.165, 1.54) is 12.1 Å². The SMILES string of the molecule is O=C(O)CN1CCc2cc(NC(=O)c3ccccc3-c3ccc(C(F)(F)F)cc3)ccc2C1. The van der Waals surface area contributed by atoms with Crippen LogP contribution in [-0.2, 0) is 23.9 Å². The van der Waals surface area contributed by atoms with E-state index in [0.29, 0.717) is 41.9 Å². The number of nitrogens with one attached hydrogen (secondary N) is 1. The summed E-state index contributed by atoms with van der Waals surface area (Å²) in [5.74, 6) is -1.23. The topological polar surface area (TPSA) is 69.6 Å². The highest BCUT2D eigenvalue weighted by Crippen LogP contribution is 2.32. The molecule has 1 aliphatic heterocycles. The smallest absolute Gasteiger partial charge is 0.416 e. The predicted octanol–water partition coefficient (Wildman–Crippen LogP) is 5.07. The normalized spacial score (nSPS) is 13.9. The zero-order chi connectivity index (χ0) is 23.6. The van der Waals surface area contributed by atoms with Crippen LogP contribution in [0, 0.1) is 0 Å². The van der Waals surface area contributed by atoms with Crippen molar-refractivity contribution < 1.29 is 27.9 Å². The molecular weight excluding hydrogens is 433 g/mol. The van der Waals surface area contributed by atoms with Crippen LogP contribution < -0.4 is 5.32 Å². The molecule has 1 heterocycles. The van der Waals surface area contributed by atoms with E-state index in [1.54, 1.807) is 30.3 Å². The fourth-order valence-corrected chi connectivity index (χ4v) is 3.99. The van der Waals surface area contributed by atoms with Crippen LogP contribution in [0.3, 0.4) is 0 Å². The number of carbonyl (C=O) groups excluding carboxylic acids is 1. The summed E-state index contributed by atoms with van der Waals surface area (Å²) in [6, 6.07) is 17.0. The van der Waals surface area contributed by atoms with Gasteiger partial charge in [0, 0.05) is 24.3 Å². The highest BCUT2D eigenvalue weighted by atomic mass is 19.4. The summed E-state index contributed by atoms with van der Waals surface area (Å²) in [7, 11) is 0. The summed E-state index contributed by atoms with van der Waals surface area (Å²) in [5.41, 5.74) is 3.32. The number of amides is 1. The van der Waals surface area contributed by atoms with Gasteiger partial charge in [0.05, 0.1) is 12.1 Å². The number of carbonyl (C=O) groups is 2. The number of hydrogen-bond donors (Lipinski definition) is 2. The number of benzene rings is 3. The minimum absolute atomic E-state index is 0.0152. The fourth-order valence-electron chi connectivity index (χ4n) is 3.99. The van der Waals surface area contributed by atoms with Crippen molar-refractivity contribution in [1.82, 2.24) is 4.90 Å². The first-order valence-electron chi connectivity index (χ1n) is 10.3. The molecule has 0 radical (unpaired) electrons. The van der Waals surface area contributed by atoms with Gasteiger partial charge in [-0.05, 0) is 59.0 Å². The Hall–Kier alpha value is -3.65. The number of carboxylic acid groups (broad SMARTS) is 1. The number of alkyl halides is 3. The highest BCUT2D eigenvalue weighted by molar-refractivity contribution is 6.08. The van der Waals surface area contributed by atoms with Crippen LogP contribution in [0.2, 0.25) is 0 Å². The van der Waals surface area contributed by atoms with Gasteiger partial charge in [0.1, 0.15) is 0 Å². The van der Waals surface area contributed by atoms with E-state index in [2.05, 4.69) is 5.32 Å². The number of anilines is 1. The van der Waals surface area contributed by atoms with Gasteiger partial charge in [0.25, 0.3) is 5.91 Å². The van der Waals surface area contributed by atoms with Crippen LogP contribution in [0.15, 0.2) is 66.7 Å². The van der Waals surface area contributed by atoms with E-state index in [0.717, 1.165) is 23.3 Å². The van der Waals surface area contributed by atoms with Gasteiger partial charge in [-0.25, -0.2) is 0 Å². The average molecular weight is 454 g/mol. The van der Waals surface area contributed by atoms with Crippen molar-refractivity contribution in [3.8, 4) is 11.1 Å². The maximum absolute atomic E-state index is 13.0. The maximum Gasteiger partial charge on any atom is 0.416 e. The molecule has 2 N–H and O–H groups in total. The summed E-state index contributed by atoms with van der Waals surface area (Å²) in [4.78, 5) is 25.8. The Kier molecular flexibility index (Phi) is 6.20. The molecular formula is C25H21F3N2O3. The number of carboxylic acids is 1. The van der Waals surface area contributed by atoms with Crippen molar-refractivity contribution >= 4 is 17.6 Å². The summed E-state index contributed by atoms with van der Waals surface area (Å²) in [5, 5.41) is 11.9. The first kappa shape index (κ1) is 22.5. The molecule has 170 valence electrons. The third-order valence-corrected chi connectivity index (χ3v) is 5.61.